The van der Waals surface area contributed by atoms with Crippen molar-refractivity contribution >= 4 is 5.91 Å². The summed E-state index contributed by atoms with van der Waals surface area (Å²) in [5.74, 6) is -1.14. The van der Waals surface area contributed by atoms with Gasteiger partial charge < -0.3 is 5.73 Å². The molecule has 0 saturated carbocycles. The molecule has 69 valence electrons. The van der Waals surface area contributed by atoms with Crippen molar-refractivity contribution in [3.05, 3.63) is 42.1 Å². The van der Waals surface area contributed by atoms with Crippen molar-refractivity contribution in [2.75, 3.05) is 0 Å². The minimum Gasteiger partial charge on any atom is -0.366 e. The zero-order valence-corrected chi connectivity index (χ0v) is 7.38. The van der Waals surface area contributed by atoms with Crippen molar-refractivity contribution < 1.29 is 9.18 Å². The Labute approximate surface area is 76.6 Å². The van der Waals surface area contributed by atoms with E-state index in [1.165, 1.54) is 6.07 Å². The minimum absolute atomic E-state index is 0.0613. The summed E-state index contributed by atoms with van der Waals surface area (Å²) in [5, 5.41) is 0. The minimum atomic E-state index is -0.624. The van der Waals surface area contributed by atoms with E-state index in [-0.39, 0.29) is 11.5 Å². The number of benzene rings is 1. The Kier molecular flexibility index (Phi) is 2.66. The van der Waals surface area contributed by atoms with Crippen LogP contribution in [-0.2, 0) is 0 Å². The maximum atomic E-state index is 12.9. The van der Waals surface area contributed by atoms with Gasteiger partial charge in [-0.25, -0.2) is 4.39 Å². The molecule has 0 aromatic heterocycles. The second-order valence-electron chi connectivity index (χ2n) is 3.04. The molecule has 0 saturated heterocycles. The number of carbonyl (C=O) groups excluding carboxylic acids is 1. The van der Waals surface area contributed by atoms with E-state index < -0.39 is 11.7 Å². The van der Waals surface area contributed by atoms with E-state index in [0.29, 0.717) is 5.56 Å². The molecule has 0 heterocycles. The number of amides is 1. The molecule has 1 aromatic rings. The first-order valence-electron chi connectivity index (χ1n) is 3.94. The normalized spacial score (nSPS) is 10.5. The van der Waals surface area contributed by atoms with Crippen LogP contribution in [0.25, 0.3) is 0 Å². The third-order valence-electron chi connectivity index (χ3n) is 1.77. The van der Waals surface area contributed by atoms with Gasteiger partial charge in [-0.15, -0.1) is 0 Å². The first-order chi connectivity index (χ1) is 6.00. The highest BCUT2D eigenvalue weighted by atomic mass is 19.1. The smallest absolute Gasteiger partial charge is 0.248 e. The lowest BCUT2D eigenvalue weighted by atomic mass is 10.0. The fraction of sp³-hybridized carbons (Fsp3) is 0.200. The number of halogens is 1. The van der Waals surface area contributed by atoms with E-state index in [2.05, 4.69) is 6.92 Å². The molecular formula is C10H11FNO. The molecule has 2 N–H and O–H groups in total. The molecule has 1 unspecified atom stereocenters. The van der Waals surface area contributed by atoms with E-state index in [1.807, 2.05) is 6.92 Å². The first-order valence-corrected chi connectivity index (χ1v) is 3.94. The molecule has 1 radical (unpaired) electrons. The van der Waals surface area contributed by atoms with Gasteiger partial charge in [-0.3, -0.25) is 4.79 Å². The molecule has 3 heteroatoms. The van der Waals surface area contributed by atoms with Gasteiger partial charge >= 0.3 is 0 Å². The lowest BCUT2D eigenvalue weighted by Crippen LogP contribution is -2.11. The summed E-state index contributed by atoms with van der Waals surface area (Å²) < 4.78 is 12.9. The number of carbonyl (C=O) groups is 1. The molecule has 0 bridgehead atoms. The van der Waals surface area contributed by atoms with E-state index in [9.17, 15) is 9.18 Å². The van der Waals surface area contributed by atoms with Crippen LogP contribution in [0.2, 0.25) is 0 Å². The topological polar surface area (TPSA) is 43.1 Å². The Morgan fingerprint density at radius 1 is 1.54 bits per heavy atom. The highest BCUT2D eigenvalue weighted by Gasteiger charge is 2.07. The molecule has 1 rings (SSSR count). The molecule has 1 atom stereocenters. The summed E-state index contributed by atoms with van der Waals surface area (Å²) in [6, 6.07) is 4.03. The van der Waals surface area contributed by atoms with Gasteiger partial charge in [-0.1, -0.05) is 6.92 Å². The van der Waals surface area contributed by atoms with Crippen LogP contribution in [0.3, 0.4) is 0 Å². The highest BCUT2D eigenvalue weighted by molar-refractivity contribution is 5.92. The molecule has 0 aliphatic rings. The van der Waals surface area contributed by atoms with Gasteiger partial charge in [0.25, 0.3) is 0 Å². The number of hydrogen-bond donors (Lipinski definition) is 1. The van der Waals surface area contributed by atoms with Crippen LogP contribution < -0.4 is 5.73 Å². The molecule has 0 aliphatic heterocycles. The van der Waals surface area contributed by atoms with Gasteiger partial charge in [0, 0.05) is 5.56 Å². The van der Waals surface area contributed by atoms with Gasteiger partial charge in [0.2, 0.25) is 5.91 Å². The molecule has 1 aromatic carbocycles. The number of hydrogen-bond acceptors (Lipinski definition) is 1. The summed E-state index contributed by atoms with van der Waals surface area (Å²) in [7, 11) is 0. The Bertz CT molecular complexity index is 334. The van der Waals surface area contributed by atoms with Gasteiger partial charge in [0.15, 0.2) is 0 Å². The zero-order chi connectivity index (χ0) is 10.0. The maximum absolute atomic E-state index is 12.9. The molecule has 13 heavy (non-hydrogen) atoms. The lowest BCUT2D eigenvalue weighted by Gasteiger charge is -2.06. The zero-order valence-electron chi connectivity index (χ0n) is 7.38. The van der Waals surface area contributed by atoms with E-state index in [1.54, 1.807) is 6.07 Å². The van der Waals surface area contributed by atoms with Gasteiger partial charge in [0.1, 0.15) is 5.82 Å². The van der Waals surface area contributed by atoms with E-state index in [0.717, 1.165) is 6.07 Å². The Hall–Kier alpha value is -1.38. The molecule has 0 fully saturated rings. The largest absolute Gasteiger partial charge is 0.366 e. The third kappa shape index (κ3) is 2.28. The fourth-order valence-electron chi connectivity index (χ4n) is 1.04. The third-order valence-corrected chi connectivity index (χ3v) is 1.77. The molecule has 0 aliphatic carbocycles. The monoisotopic (exact) mass is 180 g/mol. The average Bonchev–Trinajstić information content (AvgIpc) is 2.03. The van der Waals surface area contributed by atoms with Crippen LogP contribution in [0.4, 0.5) is 4.39 Å². The Morgan fingerprint density at radius 2 is 2.15 bits per heavy atom. The predicted molar refractivity (Wildman–Crippen MR) is 48.7 cm³/mol. The lowest BCUT2D eigenvalue weighted by molar-refractivity contribution is 0.1000. The predicted octanol–water partition coefficient (Wildman–Crippen LogP) is 1.86. The van der Waals surface area contributed by atoms with Crippen molar-refractivity contribution in [1.82, 2.24) is 0 Å². The van der Waals surface area contributed by atoms with Gasteiger partial charge in [0.05, 0.1) is 0 Å². The van der Waals surface area contributed by atoms with Crippen LogP contribution in [0.1, 0.15) is 28.8 Å². The quantitative estimate of drug-likeness (QED) is 0.741. The SMILES string of the molecule is [CH2]C(C)c1cc(F)cc(C(N)=O)c1. The number of primary amides is 1. The summed E-state index contributed by atoms with van der Waals surface area (Å²) in [6.07, 6.45) is 0. The second kappa shape index (κ2) is 3.56. The van der Waals surface area contributed by atoms with Crippen LogP contribution in [-0.4, -0.2) is 5.91 Å². The Morgan fingerprint density at radius 3 is 2.62 bits per heavy atom. The summed E-state index contributed by atoms with van der Waals surface area (Å²) in [6.45, 7) is 5.55. The van der Waals surface area contributed by atoms with Gasteiger partial charge in [-0.05, 0) is 36.6 Å². The van der Waals surface area contributed by atoms with Crippen LogP contribution in [0.15, 0.2) is 18.2 Å². The summed E-state index contributed by atoms with van der Waals surface area (Å²) >= 11 is 0. The van der Waals surface area contributed by atoms with Crippen molar-refractivity contribution in [2.45, 2.75) is 12.8 Å². The van der Waals surface area contributed by atoms with E-state index >= 15 is 0 Å². The van der Waals surface area contributed by atoms with Crippen molar-refractivity contribution in [1.29, 1.82) is 0 Å². The maximum Gasteiger partial charge on any atom is 0.248 e. The molecule has 0 spiro atoms. The van der Waals surface area contributed by atoms with E-state index in [4.69, 9.17) is 5.73 Å². The molecule has 1 amide bonds. The van der Waals surface area contributed by atoms with Gasteiger partial charge in [-0.2, -0.15) is 0 Å². The standard InChI is InChI=1S/C10H11FNO/c1-6(2)7-3-8(10(12)13)5-9(11)4-7/h3-6H,1H2,2H3,(H2,12,13). The fourth-order valence-corrected chi connectivity index (χ4v) is 1.04. The van der Waals surface area contributed by atoms with Crippen LogP contribution in [0, 0.1) is 12.7 Å². The number of nitrogens with two attached hydrogens (primary N) is 1. The van der Waals surface area contributed by atoms with Crippen LogP contribution >= 0.6 is 0 Å². The molecular weight excluding hydrogens is 169 g/mol. The van der Waals surface area contributed by atoms with Crippen LogP contribution in [0.5, 0.6) is 0 Å². The first kappa shape index (κ1) is 9.71. The highest BCUT2D eigenvalue weighted by Crippen LogP contribution is 2.17. The molecule has 2 nitrogen and oxygen atoms in total. The Balaban J connectivity index is 3.19. The number of rotatable bonds is 2. The summed E-state index contributed by atoms with van der Waals surface area (Å²) in [5.41, 5.74) is 5.89. The van der Waals surface area contributed by atoms with Crippen molar-refractivity contribution in [2.24, 2.45) is 5.73 Å². The van der Waals surface area contributed by atoms with Crippen molar-refractivity contribution in [3.8, 4) is 0 Å². The second-order valence-corrected chi connectivity index (χ2v) is 3.04. The summed E-state index contributed by atoms with van der Waals surface area (Å²) in [4.78, 5) is 10.8. The average molecular weight is 180 g/mol. The van der Waals surface area contributed by atoms with Crippen molar-refractivity contribution in [3.63, 3.8) is 0 Å².